The minimum Gasteiger partial charge on any atom is -0.310 e. The van der Waals surface area contributed by atoms with E-state index in [2.05, 4.69) is 10.4 Å². The number of nitrogens with one attached hydrogen (secondary N) is 1. The molecule has 3 rings (SSSR count). The number of aromatic nitrogens is 3. The molecule has 3 aromatic rings. The maximum atomic E-state index is 13.8. The zero-order valence-corrected chi connectivity index (χ0v) is 11.6. The first-order valence-corrected chi connectivity index (χ1v) is 6.77. The predicted octanol–water partition coefficient (Wildman–Crippen LogP) is 1.73. The van der Waals surface area contributed by atoms with Gasteiger partial charge in [0.05, 0.1) is 12.2 Å². The fraction of sp³-hybridized carbons (Fsp3) is 0.200. The van der Waals surface area contributed by atoms with E-state index in [-0.39, 0.29) is 5.52 Å². The van der Waals surface area contributed by atoms with Gasteiger partial charge in [0.2, 0.25) is 0 Å². The van der Waals surface area contributed by atoms with E-state index in [9.17, 15) is 9.18 Å². The first kappa shape index (κ1) is 13.5. The lowest BCUT2D eigenvalue weighted by Gasteiger charge is -2.13. The van der Waals surface area contributed by atoms with E-state index in [4.69, 9.17) is 0 Å². The number of halogens is 1. The standard InChI is InChI=1S/C15H15FN4O/c1-2-17-10-13-18-19-9-8-12(16)14(19)15(21)20(13)11-6-4-3-5-7-11/h3-9,17H,2,10H2,1H3. The normalized spacial score (nSPS) is 11.1. The Morgan fingerprint density at radius 2 is 2.00 bits per heavy atom. The molecule has 1 aromatic carbocycles. The number of benzene rings is 1. The Morgan fingerprint density at radius 1 is 1.24 bits per heavy atom. The Hall–Kier alpha value is -2.47. The lowest BCUT2D eigenvalue weighted by molar-refractivity contribution is 0.617. The van der Waals surface area contributed by atoms with Crippen LogP contribution < -0.4 is 10.9 Å². The molecule has 21 heavy (non-hydrogen) atoms. The molecule has 6 heteroatoms. The average Bonchev–Trinajstić information content (AvgIpc) is 2.87. The van der Waals surface area contributed by atoms with Crippen LogP contribution in [0.4, 0.5) is 4.39 Å². The Labute approximate surface area is 120 Å². The van der Waals surface area contributed by atoms with E-state index >= 15 is 0 Å². The van der Waals surface area contributed by atoms with E-state index in [0.29, 0.717) is 18.1 Å². The lowest BCUT2D eigenvalue weighted by atomic mass is 10.3. The molecule has 108 valence electrons. The lowest BCUT2D eigenvalue weighted by Crippen LogP contribution is -2.29. The molecule has 0 saturated heterocycles. The molecule has 0 saturated carbocycles. The van der Waals surface area contributed by atoms with Crippen molar-refractivity contribution in [2.24, 2.45) is 0 Å². The van der Waals surface area contributed by atoms with E-state index in [0.717, 1.165) is 6.54 Å². The van der Waals surface area contributed by atoms with Crippen LogP contribution in [0.5, 0.6) is 0 Å². The Bertz CT molecular complexity index is 823. The van der Waals surface area contributed by atoms with Crippen LogP contribution in [0.3, 0.4) is 0 Å². The quantitative estimate of drug-likeness (QED) is 0.794. The highest BCUT2D eigenvalue weighted by Gasteiger charge is 2.15. The minimum absolute atomic E-state index is 0.0425. The molecule has 0 aliphatic carbocycles. The van der Waals surface area contributed by atoms with Crippen molar-refractivity contribution in [1.82, 2.24) is 19.5 Å². The fourth-order valence-corrected chi connectivity index (χ4v) is 2.27. The van der Waals surface area contributed by atoms with Gasteiger partial charge in [-0.25, -0.2) is 8.91 Å². The molecule has 0 aliphatic rings. The van der Waals surface area contributed by atoms with Crippen LogP contribution in [0.25, 0.3) is 11.2 Å². The molecule has 1 N–H and O–H groups in total. The highest BCUT2D eigenvalue weighted by atomic mass is 19.1. The van der Waals surface area contributed by atoms with Gasteiger partial charge in [-0.05, 0) is 24.7 Å². The number of hydrogen-bond acceptors (Lipinski definition) is 3. The van der Waals surface area contributed by atoms with Crippen LogP contribution in [-0.4, -0.2) is 20.7 Å². The van der Waals surface area contributed by atoms with Crippen molar-refractivity contribution in [2.75, 3.05) is 6.54 Å². The van der Waals surface area contributed by atoms with Gasteiger partial charge < -0.3 is 5.32 Å². The number of nitrogens with zero attached hydrogens (tertiary/aromatic N) is 3. The van der Waals surface area contributed by atoms with Crippen molar-refractivity contribution in [2.45, 2.75) is 13.5 Å². The summed E-state index contributed by atoms with van der Waals surface area (Å²) in [5, 5.41) is 7.49. The molecule has 0 aliphatic heterocycles. The summed E-state index contributed by atoms with van der Waals surface area (Å²) >= 11 is 0. The monoisotopic (exact) mass is 286 g/mol. The summed E-state index contributed by atoms with van der Waals surface area (Å²) in [6.07, 6.45) is 1.46. The van der Waals surface area contributed by atoms with Crippen LogP contribution in [0, 0.1) is 5.82 Å². The van der Waals surface area contributed by atoms with Gasteiger partial charge in [0.15, 0.2) is 17.2 Å². The zero-order valence-electron chi connectivity index (χ0n) is 11.6. The Kier molecular flexibility index (Phi) is 3.53. The van der Waals surface area contributed by atoms with Crippen LogP contribution in [0.15, 0.2) is 47.4 Å². The second-order valence-corrected chi connectivity index (χ2v) is 4.63. The van der Waals surface area contributed by atoms with Crippen molar-refractivity contribution in [1.29, 1.82) is 0 Å². The summed E-state index contributed by atoms with van der Waals surface area (Å²) < 4.78 is 16.5. The molecule has 5 nitrogen and oxygen atoms in total. The Balaban J connectivity index is 2.30. The molecule has 2 heterocycles. The topological polar surface area (TPSA) is 51.3 Å². The van der Waals surface area contributed by atoms with Crippen molar-refractivity contribution < 1.29 is 4.39 Å². The van der Waals surface area contributed by atoms with Crippen LogP contribution in [0.2, 0.25) is 0 Å². The van der Waals surface area contributed by atoms with Crippen molar-refractivity contribution in [3.05, 3.63) is 64.6 Å². The second-order valence-electron chi connectivity index (χ2n) is 4.63. The van der Waals surface area contributed by atoms with Gasteiger partial charge in [-0.15, -0.1) is 0 Å². The third-order valence-corrected chi connectivity index (χ3v) is 3.25. The van der Waals surface area contributed by atoms with Crippen LogP contribution >= 0.6 is 0 Å². The molecule has 2 aromatic heterocycles. The molecule has 0 bridgehead atoms. The van der Waals surface area contributed by atoms with Gasteiger partial charge in [-0.1, -0.05) is 25.1 Å². The molecule has 0 fully saturated rings. The summed E-state index contributed by atoms with van der Waals surface area (Å²) in [5.41, 5.74) is 0.219. The van der Waals surface area contributed by atoms with E-state index in [1.807, 2.05) is 25.1 Å². The first-order chi connectivity index (χ1) is 10.2. The third-order valence-electron chi connectivity index (χ3n) is 3.25. The maximum Gasteiger partial charge on any atom is 0.285 e. The van der Waals surface area contributed by atoms with Crippen molar-refractivity contribution in [3.63, 3.8) is 0 Å². The predicted molar refractivity (Wildman–Crippen MR) is 78.1 cm³/mol. The SMILES string of the molecule is CCNCc1nn2ccc(F)c2c(=O)n1-c1ccccc1. The highest BCUT2D eigenvalue weighted by molar-refractivity contribution is 5.48. The second kappa shape index (κ2) is 5.49. The van der Waals surface area contributed by atoms with Gasteiger partial charge in [0, 0.05) is 6.20 Å². The molecule has 0 radical (unpaired) electrons. The highest BCUT2D eigenvalue weighted by Crippen LogP contribution is 2.11. The third kappa shape index (κ3) is 2.34. The van der Waals surface area contributed by atoms with Crippen molar-refractivity contribution >= 4 is 5.52 Å². The summed E-state index contributed by atoms with van der Waals surface area (Å²) in [5.74, 6) is -0.0247. The molecule has 0 unspecified atom stereocenters. The van der Waals surface area contributed by atoms with Gasteiger partial charge in [0.25, 0.3) is 5.56 Å². The van der Waals surface area contributed by atoms with E-state index in [1.54, 1.807) is 12.1 Å². The summed E-state index contributed by atoms with van der Waals surface area (Å²) in [6, 6.07) is 10.4. The fourth-order valence-electron chi connectivity index (χ4n) is 2.27. The largest absolute Gasteiger partial charge is 0.310 e. The van der Waals surface area contributed by atoms with Crippen LogP contribution in [-0.2, 0) is 6.54 Å². The van der Waals surface area contributed by atoms with Crippen LogP contribution in [0.1, 0.15) is 12.7 Å². The number of hydrogen-bond donors (Lipinski definition) is 1. The first-order valence-electron chi connectivity index (χ1n) is 6.77. The molecule has 0 atom stereocenters. The molecule has 0 amide bonds. The summed E-state index contributed by atoms with van der Waals surface area (Å²) in [4.78, 5) is 12.6. The smallest absolute Gasteiger partial charge is 0.285 e. The maximum absolute atomic E-state index is 13.8. The zero-order chi connectivity index (χ0) is 14.8. The number of para-hydroxylation sites is 1. The minimum atomic E-state index is -0.563. The van der Waals surface area contributed by atoms with E-state index < -0.39 is 11.4 Å². The molecule has 0 spiro atoms. The van der Waals surface area contributed by atoms with Gasteiger partial charge in [-0.3, -0.25) is 9.36 Å². The van der Waals surface area contributed by atoms with Gasteiger partial charge in [0.1, 0.15) is 0 Å². The molecular formula is C15H15FN4O. The number of rotatable bonds is 4. The Morgan fingerprint density at radius 3 is 2.71 bits per heavy atom. The van der Waals surface area contributed by atoms with E-state index in [1.165, 1.54) is 21.3 Å². The van der Waals surface area contributed by atoms with Gasteiger partial charge in [-0.2, -0.15) is 5.10 Å². The molecular weight excluding hydrogens is 271 g/mol. The van der Waals surface area contributed by atoms with Gasteiger partial charge >= 0.3 is 0 Å². The summed E-state index contributed by atoms with van der Waals surface area (Å²) in [6.45, 7) is 3.15. The number of fused-ring (bicyclic) bond motifs is 1. The van der Waals surface area contributed by atoms with Crippen molar-refractivity contribution in [3.8, 4) is 5.69 Å². The average molecular weight is 286 g/mol. The summed E-state index contributed by atoms with van der Waals surface area (Å²) in [7, 11) is 0.